The first kappa shape index (κ1) is 14.8. The topological polar surface area (TPSA) is 73.1 Å². The first-order chi connectivity index (χ1) is 10.1. The molecular weight excluding hydrogens is 332 g/mol. The minimum atomic E-state index is -0.483. The molecule has 4 nitrogen and oxygen atoms in total. The van der Waals surface area contributed by atoms with Gasteiger partial charge in [-0.05, 0) is 42.0 Å². The Morgan fingerprint density at radius 3 is 2.57 bits per heavy atom. The van der Waals surface area contributed by atoms with Gasteiger partial charge in [0.05, 0.1) is 0 Å². The lowest BCUT2D eigenvalue weighted by atomic mass is 10.1. The number of hydrogen-bond acceptors (Lipinski definition) is 3. The molecule has 2 rings (SSSR count). The summed E-state index contributed by atoms with van der Waals surface area (Å²) in [5.41, 5.74) is 1.25. The monoisotopic (exact) mass is 342 g/mol. The quantitative estimate of drug-likeness (QED) is 0.659. The summed E-state index contributed by atoms with van der Waals surface area (Å²) < 4.78 is 0.835. The summed E-state index contributed by atoms with van der Waals surface area (Å²) in [6.07, 6.45) is 1.47. The summed E-state index contributed by atoms with van der Waals surface area (Å²) in [6.45, 7) is 0. The molecule has 0 saturated heterocycles. The second-order valence-electron chi connectivity index (χ2n) is 4.23. The van der Waals surface area contributed by atoms with Crippen molar-refractivity contribution >= 4 is 33.6 Å². The van der Waals surface area contributed by atoms with E-state index in [-0.39, 0.29) is 11.3 Å². The van der Waals surface area contributed by atoms with Crippen LogP contribution in [0.2, 0.25) is 0 Å². The average molecular weight is 343 g/mol. The average Bonchev–Trinajstić information content (AvgIpc) is 2.46. The van der Waals surface area contributed by atoms with Crippen molar-refractivity contribution in [2.75, 3.05) is 5.32 Å². The molecule has 0 aromatic heterocycles. The lowest BCUT2D eigenvalue weighted by Gasteiger charge is -2.04. The maximum absolute atomic E-state index is 12.1. The molecule has 2 aromatic carbocycles. The molecule has 5 heteroatoms. The molecule has 2 N–H and O–H groups in total. The van der Waals surface area contributed by atoms with E-state index in [0.29, 0.717) is 11.3 Å². The van der Waals surface area contributed by atoms with Crippen LogP contribution in [0.25, 0.3) is 6.08 Å². The third-order valence-corrected chi connectivity index (χ3v) is 3.14. The molecule has 0 aliphatic carbocycles. The lowest BCUT2D eigenvalue weighted by molar-refractivity contribution is -0.112. The highest BCUT2D eigenvalue weighted by atomic mass is 79.9. The maximum Gasteiger partial charge on any atom is 0.266 e. The predicted octanol–water partition coefficient (Wildman–Crippen LogP) is 3.70. The van der Waals surface area contributed by atoms with Gasteiger partial charge in [-0.3, -0.25) is 4.79 Å². The summed E-state index contributed by atoms with van der Waals surface area (Å²) in [6, 6.07) is 15.2. The first-order valence-electron chi connectivity index (χ1n) is 6.06. The van der Waals surface area contributed by atoms with Crippen LogP contribution in [-0.4, -0.2) is 11.0 Å². The van der Waals surface area contributed by atoms with Crippen molar-refractivity contribution in [1.82, 2.24) is 0 Å². The first-order valence-corrected chi connectivity index (χ1v) is 6.85. The molecule has 0 atom stereocenters. The molecule has 1 amide bonds. The van der Waals surface area contributed by atoms with Gasteiger partial charge in [0.25, 0.3) is 5.91 Å². The maximum atomic E-state index is 12.1. The lowest BCUT2D eigenvalue weighted by Crippen LogP contribution is -2.13. The van der Waals surface area contributed by atoms with Crippen molar-refractivity contribution in [3.8, 4) is 11.8 Å². The van der Waals surface area contributed by atoms with E-state index in [4.69, 9.17) is 5.26 Å². The van der Waals surface area contributed by atoms with E-state index in [9.17, 15) is 9.90 Å². The van der Waals surface area contributed by atoms with Crippen molar-refractivity contribution in [3.63, 3.8) is 0 Å². The summed E-state index contributed by atoms with van der Waals surface area (Å²) in [4.78, 5) is 12.1. The van der Waals surface area contributed by atoms with Crippen molar-refractivity contribution < 1.29 is 9.90 Å². The SMILES string of the molecule is N#CC(=Cc1ccc(O)cc1)C(=O)Nc1cccc(Br)c1. The minimum Gasteiger partial charge on any atom is -0.508 e. The molecule has 0 spiro atoms. The van der Waals surface area contributed by atoms with Crippen LogP contribution in [0.3, 0.4) is 0 Å². The Hall–Kier alpha value is -2.58. The van der Waals surface area contributed by atoms with Gasteiger partial charge in [-0.1, -0.05) is 34.1 Å². The summed E-state index contributed by atoms with van der Waals surface area (Å²) in [5.74, 6) is -0.354. The number of benzene rings is 2. The van der Waals surface area contributed by atoms with Crippen LogP contribution < -0.4 is 5.32 Å². The van der Waals surface area contributed by atoms with Gasteiger partial charge in [0, 0.05) is 10.2 Å². The number of aromatic hydroxyl groups is 1. The van der Waals surface area contributed by atoms with Gasteiger partial charge in [-0.15, -0.1) is 0 Å². The third kappa shape index (κ3) is 4.20. The highest BCUT2D eigenvalue weighted by molar-refractivity contribution is 9.10. The molecule has 0 saturated carbocycles. The smallest absolute Gasteiger partial charge is 0.266 e. The Labute approximate surface area is 130 Å². The number of carbonyl (C=O) groups excluding carboxylic acids is 1. The highest BCUT2D eigenvalue weighted by Gasteiger charge is 2.09. The van der Waals surface area contributed by atoms with Gasteiger partial charge >= 0.3 is 0 Å². The van der Waals surface area contributed by atoms with E-state index < -0.39 is 5.91 Å². The summed E-state index contributed by atoms with van der Waals surface area (Å²) in [5, 5.41) is 21.0. The molecule has 0 aliphatic rings. The van der Waals surface area contributed by atoms with Crippen molar-refractivity contribution in [1.29, 1.82) is 5.26 Å². The van der Waals surface area contributed by atoms with Crippen molar-refractivity contribution in [2.24, 2.45) is 0 Å². The number of rotatable bonds is 3. The van der Waals surface area contributed by atoms with E-state index in [1.54, 1.807) is 30.3 Å². The number of nitriles is 1. The molecule has 0 aliphatic heterocycles. The van der Waals surface area contributed by atoms with Crippen LogP contribution in [-0.2, 0) is 4.79 Å². The molecule has 0 fully saturated rings. The molecule has 0 heterocycles. The number of amides is 1. The molecule has 0 unspecified atom stereocenters. The predicted molar refractivity (Wildman–Crippen MR) is 84.5 cm³/mol. The molecule has 2 aromatic rings. The van der Waals surface area contributed by atoms with Gasteiger partial charge in [-0.25, -0.2) is 0 Å². The van der Waals surface area contributed by atoms with Gasteiger partial charge in [0.1, 0.15) is 17.4 Å². The van der Waals surface area contributed by atoms with Crippen LogP contribution in [0.5, 0.6) is 5.75 Å². The fraction of sp³-hybridized carbons (Fsp3) is 0. The van der Waals surface area contributed by atoms with E-state index in [1.165, 1.54) is 18.2 Å². The van der Waals surface area contributed by atoms with E-state index in [0.717, 1.165) is 4.47 Å². The number of phenolic OH excluding ortho intramolecular Hbond substituents is 1. The van der Waals surface area contributed by atoms with Crippen LogP contribution in [0, 0.1) is 11.3 Å². The Morgan fingerprint density at radius 2 is 1.95 bits per heavy atom. The number of carbonyl (C=O) groups is 1. The Balaban J connectivity index is 2.19. The molecular formula is C16H11BrN2O2. The standard InChI is InChI=1S/C16H11BrN2O2/c17-13-2-1-3-14(9-13)19-16(21)12(10-18)8-11-4-6-15(20)7-5-11/h1-9,20H,(H,19,21). The van der Waals surface area contributed by atoms with Crippen molar-refractivity contribution in [3.05, 3.63) is 64.1 Å². The van der Waals surface area contributed by atoms with E-state index in [2.05, 4.69) is 21.2 Å². The fourth-order valence-electron chi connectivity index (χ4n) is 1.65. The number of nitrogens with zero attached hydrogens (tertiary/aromatic N) is 1. The number of hydrogen-bond donors (Lipinski definition) is 2. The Bertz CT molecular complexity index is 731. The van der Waals surface area contributed by atoms with E-state index in [1.807, 2.05) is 12.1 Å². The van der Waals surface area contributed by atoms with Crippen molar-refractivity contribution in [2.45, 2.75) is 0 Å². The van der Waals surface area contributed by atoms with Crippen LogP contribution >= 0.6 is 15.9 Å². The largest absolute Gasteiger partial charge is 0.508 e. The van der Waals surface area contributed by atoms with Gasteiger partial charge < -0.3 is 10.4 Å². The molecule has 104 valence electrons. The zero-order valence-electron chi connectivity index (χ0n) is 10.9. The molecule has 0 bridgehead atoms. The number of anilines is 1. The Morgan fingerprint density at radius 1 is 1.24 bits per heavy atom. The normalized spacial score (nSPS) is 10.8. The van der Waals surface area contributed by atoms with Gasteiger partial charge in [0.15, 0.2) is 0 Å². The zero-order valence-corrected chi connectivity index (χ0v) is 12.5. The second-order valence-corrected chi connectivity index (χ2v) is 5.14. The Kier molecular flexibility index (Phi) is 4.75. The number of halogens is 1. The molecule has 0 radical (unpaired) electrons. The van der Waals surface area contributed by atoms with Gasteiger partial charge in [-0.2, -0.15) is 5.26 Å². The number of phenols is 1. The fourth-order valence-corrected chi connectivity index (χ4v) is 2.05. The van der Waals surface area contributed by atoms with Crippen LogP contribution in [0.1, 0.15) is 5.56 Å². The molecule has 21 heavy (non-hydrogen) atoms. The summed E-state index contributed by atoms with van der Waals surface area (Å²) >= 11 is 3.31. The van der Waals surface area contributed by atoms with Crippen LogP contribution in [0.4, 0.5) is 5.69 Å². The zero-order chi connectivity index (χ0) is 15.2. The van der Waals surface area contributed by atoms with E-state index >= 15 is 0 Å². The summed E-state index contributed by atoms with van der Waals surface area (Å²) in [7, 11) is 0. The third-order valence-electron chi connectivity index (χ3n) is 2.65. The van der Waals surface area contributed by atoms with Crippen LogP contribution in [0.15, 0.2) is 58.6 Å². The van der Waals surface area contributed by atoms with Gasteiger partial charge in [0.2, 0.25) is 0 Å². The number of nitrogens with one attached hydrogen (secondary N) is 1. The minimum absolute atomic E-state index is 0.0133. The second kappa shape index (κ2) is 6.73. The highest BCUT2D eigenvalue weighted by Crippen LogP contribution is 2.17.